The van der Waals surface area contributed by atoms with E-state index in [9.17, 15) is 5.11 Å². The van der Waals surface area contributed by atoms with Crippen molar-refractivity contribution in [1.29, 1.82) is 0 Å². The van der Waals surface area contributed by atoms with Gasteiger partial charge in [0.25, 0.3) is 0 Å². The van der Waals surface area contributed by atoms with Crippen LogP contribution in [0.2, 0.25) is 0 Å². The summed E-state index contributed by atoms with van der Waals surface area (Å²) in [7, 11) is 0. The quantitative estimate of drug-likeness (QED) is 0.864. The summed E-state index contributed by atoms with van der Waals surface area (Å²) in [5.41, 5.74) is 2.33. The number of piperidine rings is 1. The van der Waals surface area contributed by atoms with E-state index >= 15 is 0 Å². The van der Waals surface area contributed by atoms with Gasteiger partial charge in [-0.15, -0.1) is 0 Å². The fraction of sp³-hybridized carbons (Fsp3) is 0.412. The molecule has 0 aromatic heterocycles. The van der Waals surface area contributed by atoms with Crippen molar-refractivity contribution >= 4 is 10.8 Å². The van der Waals surface area contributed by atoms with Gasteiger partial charge >= 0.3 is 0 Å². The summed E-state index contributed by atoms with van der Waals surface area (Å²) in [6.45, 7) is 4.17. The maximum Gasteiger partial charge on any atom is 0.0821 e. The molecule has 1 atom stereocenters. The lowest BCUT2D eigenvalue weighted by atomic mass is 9.85. The minimum absolute atomic E-state index is 0.327. The zero-order valence-electron chi connectivity index (χ0n) is 11.4. The molecule has 19 heavy (non-hydrogen) atoms. The number of aliphatic hydroxyl groups is 1. The molecule has 1 aliphatic heterocycles. The van der Waals surface area contributed by atoms with Crippen LogP contribution in [0.25, 0.3) is 10.8 Å². The summed E-state index contributed by atoms with van der Waals surface area (Å²) in [5, 5.41) is 16.5. The van der Waals surface area contributed by atoms with Crippen LogP contribution < -0.4 is 5.32 Å². The van der Waals surface area contributed by atoms with Gasteiger partial charge in [-0.25, -0.2) is 0 Å². The van der Waals surface area contributed by atoms with Crippen molar-refractivity contribution < 1.29 is 5.11 Å². The van der Waals surface area contributed by atoms with Gasteiger partial charge in [-0.3, -0.25) is 0 Å². The SMILES string of the molecule is Cc1c(C(O)C2CCNCC2)ccc2ccccc12. The Bertz CT molecular complexity index is 572. The average Bonchev–Trinajstić information content (AvgIpc) is 2.48. The van der Waals surface area contributed by atoms with Crippen molar-refractivity contribution in [2.45, 2.75) is 25.9 Å². The first-order chi connectivity index (χ1) is 9.27. The van der Waals surface area contributed by atoms with Crippen LogP contribution in [0.1, 0.15) is 30.1 Å². The normalized spacial score (nSPS) is 18.6. The average molecular weight is 255 g/mol. The van der Waals surface area contributed by atoms with E-state index in [-0.39, 0.29) is 6.10 Å². The van der Waals surface area contributed by atoms with Crippen molar-refractivity contribution in [1.82, 2.24) is 5.32 Å². The first-order valence-electron chi connectivity index (χ1n) is 7.14. The van der Waals surface area contributed by atoms with E-state index in [2.05, 4.69) is 48.6 Å². The van der Waals surface area contributed by atoms with Crippen LogP contribution in [0.15, 0.2) is 36.4 Å². The molecule has 1 unspecified atom stereocenters. The van der Waals surface area contributed by atoms with E-state index in [1.807, 2.05) is 0 Å². The predicted octanol–water partition coefficient (Wildman–Crippen LogP) is 3.18. The molecule has 0 bridgehead atoms. The van der Waals surface area contributed by atoms with Crippen LogP contribution in [0.4, 0.5) is 0 Å². The van der Waals surface area contributed by atoms with Gasteiger partial charge < -0.3 is 10.4 Å². The third-order valence-electron chi connectivity index (χ3n) is 4.39. The number of benzene rings is 2. The molecule has 2 aromatic carbocycles. The molecule has 0 aliphatic carbocycles. The van der Waals surface area contributed by atoms with E-state index in [1.54, 1.807) is 0 Å². The predicted molar refractivity (Wildman–Crippen MR) is 79.2 cm³/mol. The highest BCUT2D eigenvalue weighted by atomic mass is 16.3. The Labute approximate surface area is 114 Å². The molecule has 0 saturated carbocycles. The minimum Gasteiger partial charge on any atom is -0.388 e. The molecular formula is C17H21NO. The Morgan fingerprint density at radius 2 is 1.84 bits per heavy atom. The van der Waals surface area contributed by atoms with Crippen molar-refractivity contribution in [3.8, 4) is 0 Å². The third-order valence-corrected chi connectivity index (χ3v) is 4.39. The topological polar surface area (TPSA) is 32.3 Å². The molecule has 2 N–H and O–H groups in total. The zero-order chi connectivity index (χ0) is 13.2. The molecule has 100 valence electrons. The second-order valence-corrected chi connectivity index (χ2v) is 5.53. The lowest BCUT2D eigenvalue weighted by Gasteiger charge is -2.28. The maximum absolute atomic E-state index is 10.7. The van der Waals surface area contributed by atoms with E-state index in [0.717, 1.165) is 31.5 Å². The third kappa shape index (κ3) is 2.38. The molecule has 0 amide bonds. The number of nitrogens with one attached hydrogen (secondary N) is 1. The number of aliphatic hydroxyl groups excluding tert-OH is 1. The molecule has 1 saturated heterocycles. The number of aryl methyl sites for hydroxylation is 1. The van der Waals surface area contributed by atoms with Crippen LogP contribution in [-0.2, 0) is 0 Å². The van der Waals surface area contributed by atoms with Gasteiger partial charge in [-0.05, 0) is 60.7 Å². The van der Waals surface area contributed by atoms with Crippen molar-refractivity contribution in [3.63, 3.8) is 0 Å². The van der Waals surface area contributed by atoms with Crippen LogP contribution in [0.3, 0.4) is 0 Å². The molecule has 2 heteroatoms. The Hall–Kier alpha value is -1.38. The van der Waals surface area contributed by atoms with E-state index < -0.39 is 0 Å². The first kappa shape index (κ1) is 12.6. The molecular weight excluding hydrogens is 234 g/mol. The molecule has 3 rings (SSSR count). The number of hydrogen-bond donors (Lipinski definition) is 2. The van der Waals surface area contributed by atoms with Crippen molar-refractivity contribution in [2.24, 2.45) is 5.92 Å². The fourth-order valence-electron chi connectivity index (χ4n) is 3.18. The van der Waals surface area contributed by atoms with E-state index in [1.165, 1.54) is 16.3 Å². The lowest BCUT2D eigenvalue weighted by molar-refractivity contribution is 0.0885. The maximum atomic E-state index is 10.7. The van der Waals surface area contributed by atoms with Crippen LogP contribution in [0.5, 0.6) is 0 Å². The number of fused-ring (bicyclic) bond motifs is 1. The summed E-state index contributed by atoms with van der Waals surface area (Å²) in [4.78, 5) is 0. The first-order valence-corrected chi connectivity index (χ1v) is 7.14. The van der Waals surface area contributed by atoms with Gasteiger partial charge in [-0.1, -0.05) is 36.4 Å². The summed E-state index contributed by atoms with van der Waals surface area (Å²) in [5.74, 6) is 0.390. The summed E-state index contributed by atoms with van der Waals surface area (Å²) in [6, 6.07) is 12.6. The largest absolute Gasteiger partial charge is 0.388 e. The Kier molecular flexibility index (Phi) is 3.54. The molecule has 1 aliphatic rings. The fourth-order valence-corrected chi connectivity index (χ4v) is 3.18. The molecule has 0 spiro atoms. The molecule has 2 nitrogen and oxygen atoms in total. The second kappa shape index (κ2) is 5.32. The van der Waals surface area contributed by atoms with Crippen LogP contribution in [0, 0.1) is 12.8 Å². The second-order valence-electron chi connectivity index (χ2n) is 5.53. The van der Waals surface area contributed by atoms with Gasteiger partial charge in [0.15, 0.2) is 0 Å². The zero-order valence-corrected chi connectivity index (χ0v) is 11.4. The summed E-state index contributed by atoms with van der Waals surface area (Å²) >= 11 is 0. The summed E-state index contributed by atoms with van der Waals surface area (Å²) in [6.07, 6.45) is 1.80. The lowest BCUT2D eigenvalue weighted by Crippen LogP contribution is -2.31. The Morgan fingerprint density at radius 1 is 1.11 bits per heavy atom. The minimum atomic E-state index is -0.327. The van der Waals surface area contributed by atoms with E-state index in [0.29, 0.717) is 5.92 Å². The Morgan fingerprint density at radius 3 is 2.63 bits per heavy atom. The van der Waals surface area contributed by atoms with Crippen molar-refractivity contribution in [3.05, 3.63) is 47.5 Å². The molecule has 2 aromatic rings. The highest BCUT2D eigenvalue weighted by molar-refractivity contribution is 5.86. The monoisotopic (exact) mass is 255 g/mol. The highest BCUT2D eigenvalue weighted by Crippen LogP contribution is 2.33. The number of rotatable bonds is 2. The smallest absolute Gasteiger partial charge is 0.0821 e. The number of hydrogen-bond acceptors (Lipinski definition) is 2. The standard InChI is InChI=1S/C17H21NO/c1-12-15-5-3-2-4-13(15)6-7-16(12)17(19)14-8-10-18-11-9-14/h2-7,14,17-19H,8-11H2,1H3. The van der Waals surface area contributed by atoms with Crippen molar-refractivity contribution in [2.75, 3.05) is 13.1 Å². The van der Waals surface area contributed by atoms with Gasteiger partial charge in [0.05, 0.1) is 6.10 Å². The van der Waals surface area contributed by atoms with E-state index in [4.69, 9.17) is 0 Å². The molecule has 1 fully saturated rings. The van der Waals surface area contributed by atoms with Crippen LogP contribution >= 0.6 is 0 Å². The summed E-state index contributed by atoms with van der Waals surface area (Å²) < 4.78 is 0. The van der Waals surface area contributed by atoms with Crippen LogP contribution in [-0.4, -0.2) is 18.2 Å². The van der Waals surface area contributed by atoms with Gasteiger partial charge in [0.1, 0.15) is 0 Å². The molecule has 1 heterocycles. The van der Waals surface area contributed by atoms with Gasteiger partial charge in [0, 0.05) is 0 Å². The van der Waals surface area contributed by atoms with Gasteiger partial charge in [0.2, 0.25) is 0 Å². The highest BCUT2D eigenvalue weighted by Gasteiger charge is 2.24. The van der Waals surface area contributed by atoms with Gasteiger partial charge in [-0.2, -0.15) is 0 Å². The Balaban J connectivity index is 1.97. The molecule has 0 radical (unpaired) electrons.